The lowest BCUT2D eigenvalue weighted by Gasteiger charge is -2.16. The van der Waals surface area contributed by atoms with Gasteiger partial charge < -0.3 is 4.57 Å². The third-order valence-electron chi connectivity index (χ3n) is 10.3. The lowest BCUT2D eigenvalue weighted by atomic mass is 9.98. The molecule has 0 N–H and O–H groups in total. The van der Waals surface area contributed by atoms with Crippen molar-refractivity contribution in [2.24, 2.45) is 0 Å². The Hall–Kier alpha value is -7.50. The van der Waals surface area contributed by atoms with Crippen LogP contribution in [0.25, 0.3) is 95.0 Å². The van der Waals surface area contributed by atoms with Gasteiger partial charge in [-0.3, -0.25) is 0 Å². The summed E-state index contributed by atoms with van der Waals surface area (Å²) in [6, 6.07) is 67.4. The minimum absolute atomic E-state index is 0.293. The highest BCUT2D eigenvalue weighted by atomic mass is 19.1. The maximum Gasteiger partial charge on any atom is 0.164 e. The van der Waals surface area contributed by atoms with Gasteiger partial charge in [-0.1, -0.05) is 164 Å². The fourth-order valence-electron chi connectivity index (χ4n) is 7.58. The molecule has 0 saturated heterocycles. The molecule has 56 heavy (non-hydrogen) atoms. The first-order valence-electron chi connectivity index (χ1n) is 18.6. The Labute approximate surface area is 323 Å². The summed E-state index contributed by atoms with van der Waals surface area (Å²) >= 11 is 0. The van der Waals surface area contributed by atoms with Crippen molar-refractivity contribution in [3.8, 4) is 73.2 Å². The fraction of sp³-hybridized carbons (Fsp3) is 0. The largest absolute Gasteiger partial charge is 0.309 e. The van der Waals surface area contributed by atoms with Gasteiger partial charge in [0.1, 0.15) is 5.82 Å². The summed E-state index contributed by atoms with van der Waals surface area (Å²) in [7, 11) is 0. The monoisotopic (exact) mass is 720 g/mol. The van der Waals surface area contributed by atoms with Crippen molar-refractivity contribution in [3.05, 3.63) is 206 Å². The molecule has 0 fully saturated rings. The van der Waals surface area contributed by atoms with Crippen LogP contribution in [-0.4, -0.2) is 19.5 Å². The number of fused-ring (bicyclic) bond motifs is 3. The van der Waals surface area contributed by atoms with Crippen molar-refractivity contribution in [1.82, 2.24) is 19.5 Å². The van der Waals surface area contributed by atoms with Crippen LogP contribution in [0.3, 0.4) is 0 Å². The highest BCUT2D eigenvalue weighted by Crippen LogP contribution is 2.40. The predicted octanol–water partition coefficient (Wildman–Crippen LogP) is 13.1. The van der Waals surface area contributed by atoms with Gasteiger partial charge in [0.05, 0.1) is 11.0 Å². The standard InChI is InChI=1S/C51H33FN4/c52-41-25-21-36(22-26-41)43-30-27-42(33-46(43)51-54-49(37-17-9-3-10-18-37)53-50(55-51)38-19-11-4-12-20-38)56-47-31-39(34-13-5-1-6-14-34)23-28-44(47)45-29-24-40(32-48(45)56)35-15-7-2-8-16-35/h1-33H. The summed E-state index contributed by atoms with van der Waals surface area (Å²) in [5.41, 5.74) is 12.0. The van der Waals surface area contributed by atoms with E-state index in [4.69, 9.17) is 15.0 Å². The molecule has 2 aromatic heterocycles. The highest BCUT2D eigenvalue weighted by molar-refractivity contribution is 6.11. The zero-order valence-electron chi connectivity index (χ0n) is 30.2. The topological polar surface area (TPSA) is 43.6 Å². The third-order valence-corrected chi connectivity index (χ3v) is 10.3. The molecule has 0 aliphatic rings. The van der Waals surface area contributed by atoms with Crippen molar-refractivity contribution in [1.29, 1.82) is 0 Å². The second-order valence-corrected chi connectivity index (χ2v) is 13.8. The number of hydrogen-bond donors (Lipinski definition) is 0. The van der Waals surface area contributed by atoms with Crippen molar-refractivity contribution < 1.29 is 4.39 Å². The molecule has 2 heterocycles. The summed E-state index contributed by atoms with van der Waals surface area (Å²) in [5.74, 6) is 1.37. The Balaban J connectivity index is 1.27. The molecular weight excluding hydrogens is 688 g/mol. The molecule has 0 radical (unpaired) electrons. The molecule has 0 aliphatic carbocycles. The average Bonchev–Trinajstić information content (AvgIpc) is 3.60. The Kier molecular flexibility index (Phi) is 8.30. The lowest BCUT2D eigenvalue weighted by Crippen LogP contribution is -2.02. The molecule has 4 nitrogen and oxygen atoms in total. The van der Waals surface area contributed by atoms with Gasteiger partial charge in [-0.05, 0) is 69.8 Å². The van der Waals surface area contributed by atoms with Gasteiger partial charge in [0, 0.05) is 33.2 Å². The van der Waals surface area contributed by atoms with Crippen LogP contribution >= 0.6 is 0 Å². The van der Waals surface area contributed by atoms with E-state index >= 15 is 0 Å². The van der Waals surface area contributed by atoms with Crippen LogP contribution in [0.15, 0.2) is 200 Å². The zero-order valence-corrected chi connectivity index (χ0v) is 30.2. The molecule has 0 aliphatic heterocycles. The van der Waals surface area contributed by atoms with E-state index < -0.39 is 0 Å². The van der Waals surface area contributed by atoms with Gasteiger partial charge in [-0.2, -0.15) is 0 Å². The molecule has 8 aromatic carbocycles. The summed E-state index contributed by atoms with van der Waals surface area (Å²) in [4.78, 5) is 15.3. The number of nitrogens with zero attached hydrogens (tertiary/aromatic N) is 4. The van der Waals surface area contributed by atoms with Gasteiger partial charge in [0.2, 0.25) is 0 Å². The van der Waals surface area contributed by atoms with Crippen LogP contribution < -0.4 is 0 Å². The molecule has 0 amide bonds. The number of hydrogen-bond acceptors (Lipinski definition) is 3. The SMILES string of the molecule is Fc1ccc(-c2ccc(-n3c4cc(-c5ccccc5)ccc4c4ccc(-c5ccccc5)cc43)cc2-c2nc(-c3ccccc3)nc(-c3ccccc3)n2)cc1. The number of halogens is 1. The molecule has 0 bridgehead atoms. The summed E-state index contributed by atoms with van der Waals surface area (Å²) < 4.78 is 16.7. The maximum absolute atomic E-state index is 14.3. The smallest absolute Gasteiger partial charge is 0.164 e. The van der Waals surface area contributed by atoms with Crippen molar-refractivity contribution >= 4 is 21.8 Å². The fourth-order valence-corrected chi connectivity index (χ4v) is 7.58. The van der Waals surface area contributed by atoms with Crippen LogP contribution in [0.4, 0.5) is 4.39 Å². The first-order valence-corrected chi connectivity index (χ1v) is 18.6. The minimum atomic E-state index is -0.293. The van der Waals surface area contributed by atoms with E-state index in [2.05, 4.69) is 108 Å². The van der Waals surface area contributed by atoms with E-state index in [-0.39, 0.29) is 5.82 Å². The Morgan fingerprint density at radius 3 is 1.23 bits per heavy atom. The predicted molar refractivity (Wildman–Crippen MR) is 227 cm³/mol. The highest BCUT2D eigenvalue weighted by Gasteiger charge is 2.20. The first-order chi connectivity index (χ1) is 27.7. The summed E-state index contributed by atoms with van der Waals surface area (Å²) in [6.45, 7) is 0. The zero-order chi connectivity index (χ0) is 37.4. The van der Waals surface area contributed by atoms with E-state index in [1.807, 2.05) is 84.9 Å². The van der Waals surface area contributed by atoms with Crippen molar-refractivity contribution in [3.63, 3.8) is 0 Å². The molecule has 0 unspecified atom stereocenters. The maximum atomic E-state index is 14.3. The van der Waals surface area contributed by atoms with E-state index in [1.54, 1.807) is 0 Å². The van der Waals surface area contributed by atoms with Crippen LogP contribution in [0.1, 0.15) is 0 Å². The minimum Gasteiger partial charge on any atom is -0.309 e. The van der Waals surface area contributed by atoms with E-state index in [1.165, 1.54) is 12.1 Å². The Morgan fingerprint density at radius 1 is 0.321 bits per heavy atom. The molecular formula is C51H33FN4. The van der Waals surface area contributed by atoms with Gasteiger partial charge in [-0.25, -0.2) is 19.3 Å². The van der Waals surface area contributed by atoms with E-state index in [0.29, 0.717) is 17.5 Å². The Morgan fingerprint density at radius 2 is 0.750 bits per heavy atom. The van der Waals surface area contributed by atoms with E-state index in [9.17, 15) is 4.39 Å². The van der Waals surface area contributed by atoms with Gasteiger partial charge in [0.15, 0.2) is 17.5 Å². The molecule has 10 rings (SSSR count). The second kappa shape index (κ2) is 14.0. The van der Waals surface area contributed by atoms with Crippen LogP contribution in [0, 0.1) is 5.82 Å². The quantitative estimate of drug-likeness (QED) is 0.165. The molecule has 0 atom stereocenters. The van der Waals surface area contributed by atoms with Crippen molar-refractivity contribution in [2.75, 3.05) is 0 Å². The number of aromatic nitrogens is 4. The molecule has 0 spiro atoms. The molecule has 5 heteroatoms. The number of rotatable bonds is 7. The first kappa shape index (κ1) is 33.1. The van der Waals surface area contributed by atoms with Crippen LogP contribution in [0.2, 0.25) is 0 Å². The molecule has 264 valence electrons. The molecule has 0 saturated carbocycles. The summed E-state index contributed by atoms with van der Waals surface area (Å²) in [5, 5.41) is 2.31. The van der Waals surface area contributed by atoms with Crippen LogP contribution in [0.5, 0.6) is 0 Å². The average molecular weight is 721 g/mol. The lowest BCUT2D eigenvalue weighted by molar-refractivity contribution is 0.628. The van der Waals surface area contributed by atoms with Crippen LogP contribution in [-0.2, 0) is 0 Å². The van der Waals surface area contributed by atoms with Gasteiger partial charge >= 0.3 is 0 Å². The second-order valence-electron chi connectivity index (χ2n) is 13.8. The summed E-state index contributed by atoms with van der Waals surface area (Å²) in [6.07, 6.45) is 0. The normalized spacial score (nSPS) is 11.3. The van der Waals surface area contributed by atoms with Gasteiger partial charge in [-0.15, -0.1) is 0 Å². The Bertz CT molecular complexity index is 2840. The van der Waals surface area contributed by atoms with Crippen molar-refractivity contribution in [2.45, 2.75) is 0 Å². The van der Waals surface area contributed by atoms with E-state index in [0.717, 1.165) is 77.6 Å². The molecule has 10 aromatic rings. The third kappa shape index (κ3) is 6.11. The number of benzene rings is 8. The van der Waals surface area contributed by atoms with Gasteiger partial charge in [0.25, 0.3) is 0 Å².